The molecule has 2 aliphatic rings. The molecule has 2 heteroatoms. The average Bonchev–Trinajstić information content (AvgIpc) is 3.66. The van der Waals surface area contributed by atoms with E-state index >= 15 is 0 Å². The molecule has 0 N–H and O–H groups in total. The first-order valence-electron chi connectivity index (χ1n) is 19.4. The molecule has 0 aliphatic heterocycles. The summed E-state index contributed by atoms with van der Waals surface area (Å²) in [5.74, 6) is -0.688. The van der Waals surface area contributed by atoms with Gasteiger partial charge >= 0.3 is 309 Å². The first-order chi connectivity index (χ1) is 23.3. The second-order valence-electron chi connectivity index (χ2n) is 19.3. The third kappa shape index (κ3) is 5.99. The average molecular weight is 759 g/mol. The molecule has 0 bridgehead atoms. The van der Waals surface area contributed by atoms with Gasteiger partial charge < -0.3 is 0 Å². The van der Waals surface area contributed by atoms with Crippen molar-refractivity contribution in [3.8, 4) is 22.3 Å². The Morgan fingerprint density at radius 2 is 1.18 bits per heavy atom. The van der Waals surface area contributed by atoms with Crippen molar-refractivity contribution in [1.82, 2.24) is 0 Å². The standard InChI is InChI=1S/2C22H25.C2H7Si.2CH3.Zr/c1-15(2)18-13-17-7-6-8-20(21(17)14-18)16-9-11-19(12-10-16)22(3,4)5;1-6-16-13-20-15(2)7-12-19(21(20)14-16)17-8-10-18(11-9-17)22(3,4)5;1-3-2;;;/h6-15H,1-5H3;7-14H,6H2,1-5H3;3H,1-2H3;2*1H3;. The summed E-state index contributed by atoms with van der Waals surface area (Å²) in [6.07, 6.45) is 6.45. The Labute approximate surface area is 307 Å². The second-order valence-corrected chi connectivity index (χ2v) is 57.2. The molecule has 0 saturated carbocycles. The molecule has 0 amide bonds. The summed E-state index contributed by atoms with van der Waals surface area (Å²) in [5, 5.41) is 0. The van der Waals surface area contributed by atoms with Crippen molar-refractivity contribution in [2.24, 2.45) is 5.92 Å². The zero-order valence-corrected chi connectivity index (χ0v) is 37.3. The fourth-order valence-electron chi connectivity index (χ4n) is 9.66. The van der Waals surface area contributed by atoms with Crippen LogP contribution in [0.25, 0.3) is 34.4 Å². The molecular formula is C48H63SiZr. The topological polar surface area (TPSA) is 0 Å². The van der Waals surface area contributed by atoms with Crippen LogP contribution in [0.3, 0.4) is 0 Å². The number of fused-ring (bicyclic) bond motifs is 2. The van der Waals surface area contributed by atoms with Crippen molar-refractivity contribution in [1.29, 1.82) is 0 Å². The van der Waals surface area contributed by atoms with Gasteiger partial charge in [0.15, 0.2) is 0 Å². The summed E-state index contributed by atoms with van der Waals surface area (Å²) in [4.78, 5) is 0. The molecule has 0 heterocycles. The van der Waals surface area contributed by atoms with Gasteiger partial charge in [-0.3, -0.25) is 0 Å². The summed E-state index contributed by atoms with van der Waals surface area (Å²) in [7, 11) is 0. The van der Waals surface area contributed by atoms with E-state index in [9.17, 15) is 0 Å². The number of allylic oxidation sites excluding steroid dienone is 2. The van der Waals surface area contributed by atoms with E-state index in [1.807, 2.05) is 0 Å². The van der Waals surface area contributed by atoms with Gasteiger partial charge in [0, 0.05) is 0 Å². The van der Waals surface area contributed by atoms with Crippen LogP contribution in [0.15, 0.2) is 90.0 Å². The molecule has 2 atom stereocenters. The van der Waals surface area contributed by atoms with E-state index in [1.54, 1.807) is 22.3 Å². The molecule has 263 valence electrons. The van der Waals surface area contributed by atoms with E-state index in [2.05, 4.69) is 183 Å². The summed E-state index contributed by atoms with van der Waals surface area (Å²) in [5.41, 5.74) is 19.8. The zero-order chi connectivity index (χ0) is 36.6. The molecule has 2 unspecified atom stereocenters. The van der Waals surface area contributed by atoms with Crippen molar-refractivity contribution < 1.29 is 17.9 Å². The van der Waals surface area contributed by atoms with E-state index in [4.69, 9.17) is 0 Å². The molecule has 2 aliphatic carbocycles. The van der Waals surface area contributed by atoms with Crippen LogP contribution in [0.2, 0.25) is 22.4 Å². The third-order valence-corrected chi connectivity index (χ3v) is 60.0. The predicted molar refractivity (Wildman–Crippen MR) is 223 cm³/mol. The minimum absolute atomic E-state index is 0.148. The Bertz CT molecular complexity index is 1990. The van der Waals surface area contributed by atoms with Crippen LogP contribution >= 0.6 is 0 Å². The number of hydrogen-bond donors (Lipinski definition) is 0. The number of rotatable bonds is 7. The Hall–Kier alpha value is -2.54. The molecule has 0 fully saturated rings. The summed E-state index contributed by atoms with van der Waals surface area (Å²) < 4.78 is 6.95. The van der Waals surface area contributed by atoms with E-state index in [0.29, 0.717) is 13.2 Å². The van der Waals surface area contributed by atoms with Crippen LogP contribution in [-0.2, 0) is 28.8 Å². The second kappa shape index (κ2) is 12.8. The van der Waals surface area contributed by atoms with Crippen LogP contribution in [0.1, 0.15) is 115 Å². The van der Waals surface area contributed by atoms with Gasteiger partial charge in [-0.25, -0.2) is 0 Å². The quantitative estimate of drug-likeness (QED) is 0.165. The molecule has 4 aromatic carbocycles. The van der Waals surface area contributed by atoms with Crippen molar-refractivity contribution in [3.63, 3.8) is 0 Å². The first kappa shape index (κ1) is 37.2. The molecular weight excluding hydrogens is 696 g/mol. The summed E-state index contributed by atoms with van der Waals surface area (Å²) in [6, 6.07) is 31.1. The Morgan fingerprint density at radius 3 is 1.64 bits per heavy atom. The summed E-state index contributed by atoms with van der Waals surface area (Å²) in [6.45, 7) is 29.1. The van der Waals surface area contributed by atoms with Crippen LogP contribution in [0.4, 0.5) is 0 Å². The zero-order valence-electron chi connectivity index (χ0n) is 33.7. The van der Waals surface area contributed by atoms with Gasteiger partial charge in [0.1, 0.15) is 0 Å². The molecule has 50 heavy (non-hydrogen) atoms. The van der Waals surface area contributed by atoms with Gasteiger partial charge in [-0.1, -0.05) is 0 Å². The van der Waals surface area contributed by atoms with Crippen LogP contribution in [0, 0.1) is 12.8 Å². The SMILES string of the molecule is CCC1=Cc2c(-c3ccc(C(C)(C)C)cc3)ccc(C)c2[CH]1[Zr]([CH3])([CH3])([CH]1C(C(C)C)=Cc2c(-c3ccc(C(C)(C)C)cc3)cccc21)[SiH](C)C. The van der Waals surface area contributed by atoms with Crippen molar-refractivity contribution in [2.45, 2.75) is 116 Å². The van der Waals surface area contributed by atoms with Gasteiger partial charge in [-0.05, 0) is 0 Å². The van der Waals surface area contributed by atoms with E-state index in [1.165, 1.54) is 50.1 Å². The maximum atomic E-state index is 2.92. The molecule has 4 aromatic rings. The van der Waals surface area contributed by atoms with Gasteiger partial charge in [0.25, 0.3) is 0 Å². The van der Waals surface area contributed by atoms with Gasteiger partial charge in [-0.15, -0.1) is 0 Å². The third-order valence-electron chi connectivity index (χ3n) is 13.4. The fraction of sp³-hybridized carbons (Fsp3) is 0.417. The van der Waals surface area contributed by atoms with Crippen LogP contribution in [-0.4, -0.2) is 5.92 Å². The number of hydrogen-bond acceptors (Lipinski definition) is 0. The molecule has 0 nitrogen and oxygen atoms in total. The molecule has 0 spiro atoms. The van der Waals surface area contributed by atoms with E-state index in [-0.39, 0.29) is 10.8 Å². The van der Waals surface area contributed by atoms with Crippen molar-refractivity contribution >= 4 is 18.1 Å². The molecule has 6 rings (SSSR count). The normalized spacial score (nSPS) is 18.5. The Balaban J connectivity index is 1.56. The molecule has 0 aromatic heterocycles. The maximum absolute atomic E-state index is 3.84. The van der Waals surface area contributed by atoms with Gasteiger partial charge in [-0.2, -0.15) is 0 Å². The van der Waals surface area contributed by atoms with Crippen LogP contribution in [0.5, 0.6) is 0 Å². The molecule has 0 radical (unpaired) electrons. The Kier molecular flexibility index (Phi) is 9.56. The first-order valence-corrected chi connectivity index (χ1v) is 34.3. The van der Waals surface area contributed by atoms with Gasteiger partial charge in [0.2, 0.25) is 0 Å². The Morgan fingerprint density at radius 1 is 0.660 bits per heavy atom. The van der Waals surface area contributed by atoms with Crippen molar-refractivity contribution in [3.05, 3.63) is 129 Å². The summed E-state index contributed by atoms with van der Waals surface area (Å²) >= 11 is -3.84. The minimum atomic E-state index is -3.84. The predicted octanol–water partition coefficient (Wildman–Crippen LogP) is 14.3. The molecule has 0 saturated heterocycles. The van der Waals surface area contributed by atoms with E-state index in [0.717, 1.165) is 6.42 Å². The number of aryl methyl sites for hydroxylation is 1. The van der Waals surface area contributed by atoms with Crippen molar-refractivity contribution in [2.75, 3.05) is 0 Å². The van der Waals surface area contributed by atoms with Crippen LogP contribution < -0.4 is 0 Å². The van der Waals surface area contributed by atoms with E-state index < -0.39 is 23.9 Å². The fourth-order valence-corrected chi connectivity index (χ4v) is 39.5. The monoisotopic (exact) mass is 757 g/mol. The van der Waals surface area contributed by atoms with Gasteiger partial charge in [0.05, 0.1) is 0 Å². The number of benzene rings is 4.